The van der Waals surface area contributed by atoms with Gasteiger partial charge in [-0.2, -0.15) is 0 Å². The predicted octanol–water partition coefficient (Wildman–Crippen LogP) is 5.11. The van der Waals surface area contributed by atoms with Crippen LogP contribution < -0.4 is 5.32 Å². The van der Waals surface area contributed by atoms with E-state index < -0.39 is 17.5 Å². The third-order valence-corrected chi connectivity index (χ3v) is 4.07. The molecule has 3 rings (SSSR count). The zero-order chi connectivity index (χ0) is 14.3. The molecule has 0 radical (unpaired) electrons. The number of fused-ring (bicyclic) bond motifs is 1. The maximum Gasteiger partial charge on any atom is 0.188 e. The Morgan fingerprint density at radius 1 is 1.05 bits per heavy atom. The van der Waals surface area contributed by atoms with Crippen molar-refractivity contribution in [2.45, 2.75) is 0 Å². The van der Waals surface area contributed by atoms with Crippen molar-refractivity contribution in [1.29, 1.82) is 0 Å². The van der Waals surface area contributed by atoms with Gasteiger partial charge in [0.25, 0.3) is 0 Å². The van der Waals surface area contributed by atoms with E-state index in [2.05, 4.69) is 10.3 Å². The molecule has 0 atom stereocenters. The van der Waals surface area contributed by atoms with Gasteiger partial charge >= 0.3 is 0 Å². The van der Waals surface area contributed by atoms with Gasteiger partial charge in [0.2, 0.25) is 0 Å². The second-order valence-corrected chi connectivity index (χ2v) is 5.38. The summed E-state index contributed by atoms with van der Waals surface area (Å²) in [5.74, 6) is -3.26. The second-order valence-electron chi connectivity index (χ2n) is 3.98. The topological polar surface area (TPSA) is 24.9 Å². The van der Waals surface area contributed by atoms with Gasteiger partial charge in [0.15, 0.2) is 16.8 Å². The first kappa shape index (κ1) is 13.2. The molecule has 0 spiro atoms. The molecule has 2 nitrogen and oxygen atoms in total. The Labute approximate surface area is 120 Å². The summed E-state index contributed by atoms with van der Waals surface area (Å²) in [6.07, 6.45) is 0. The minimum atomic E-state index is -1.24. The first-order valence-corrected chi connectivity index (χ1v) is 6.70. The fraction of sp³-hybridized carbons (Fsp3) is 0. The van der Waals surface area contributed by atoms with Gasteiger partial charge in [-0.3, -0.25) is 0 Å². The third-order valence-electron chi connectivity index (χ3n) is 2.62. The first-order valence-electron chi connectivity index (χ1n) is 5.51. The Kier molecular flexibility index (Phi) is 3.27. The van der Waals surface area contributed by atoms with Gasteiger partial charge in [0.05, 0.1) is 20.9 Å². The van der Waals surface area contributed by atoms with Crippen molar-refractivity contribution in [2.24, 2.45) is 0 Å². The van der Waals surface area contributed by atoms with Crippen molar-refractivity contribution >= 4 is 44.0 Å². The molecule has 2 aromatic carbocycles. The Bertz CT molecular complexity index is 804. The van der Waals surface area contributed by atoms with E-state index in [1.165, 1.54) is 11.3 Å². The van der Waals surface area contributed by atoms with Gasteiger partial charge in [-0.15, -0.1) is 0 Å². The average molecular weight is 315 g/mol. The predicted molar refractivity (Wildman–Crippen MR) is 74.2 cm³/mol. The zero-order valence-corrected chi connectivity index (χ0v) is 11.3. The van der Waals surface area contributed by atoms with Gasteiger partial charge in [0.1, 0.15) is 5.82 Å². The van der Waals surface area contributed by atoms with Gasteiger partial charge < -0.3 is 5.32 Å². The fourth-order valence-corrected chi connectivity index (χ4v) is 2.87. The van der Waals surface area contributed by atoms with Crippen LogP contribution in [0.15, 0.2) is 30.3 Å². The normalized spacial score (nSPS) is 11.0. The lowest BCUT2D eigenvalue weighted by Gasteiger charge is -2.04. The number of hydrogen-bond acceptors (Lipinski definition) is 3. The molecule has 0 unspecified atom stereocenters. The molecule has 1 aromatic heterocycles. The van der Waals surface area contributed by atoms with Crippen LogP contribution in [0, 0.1) is 17.5 Å². The van der Waals surface area contributed by atoms with Crippen LogP contribution in [0.5, 0.6) is 0 Å². The molecule has 0 saturated carbocycles. The monoisotopic (exact) mass is 314 g/mol. The summed E-state index contributed by atoms with van der Waals surface area (Å²) in [6.45, 7) is 0. The Morgan fingerprint density at radius 3 is 2.55 bits per heavy atom. The Balaban J connectivity index is 2.01. The van der Waals surface area contributed by atoms with E-state index in [0.29, 0.717) is 21.7 Å². The van der Waals surface area contributed by atoms with Gasteiger partial charge in [-0.25, -0.2) is 18.2 Å². The van der Waals surface area contributed by atoms with Crippen LogP contribution in [-0.2, 0) is 0 Å². The van der Waals surface area contributed by atoms with Crippen LogP contribution in [0.1, 0.15) is 0 Å². The quantitative estimate of drug-likeness (QED) is 0.665. The number of nitrogens with one attached hydrogen (secondary N) is 1. The van der Waals surface area contributed by atoms with Crippen LogP contribution in [-0.4, -0.2) is 4.98 Å². The molecule has 7 heteroatoms. The molecule has 20 heavy (non-hydrogen) atoms. The van der Waals surface area contributed by atoms with E-state index in [0.717, 1.165) is 10.8 Å². The Hall–Kier alpha value is -1.79. The van der Waals surface area contributed by atoms with E-state index in [9.17, 15) is 13.2 Å². The molecule has 0 bridgehead atoms. The molecule has 0 saturated heterocycles. The lowest BCUT2D eigenvalue weighted by Crippen LogP contribution is -1.96. The molecule has 3 aromatic rings. The standard InChI is InChI=1S/C13H6ClF3N2S/c14-6-2-1-3-10-12(6)20-13(18-10)19-11-5-8(16)7(15)4-9(11)17/h1-5H,(H,18,19). The highest BCUT2D eigenvalue weighted by molar-refractivity contribution is 7.22. The fourth-order valence-electron chi connectivity index (χ4n) is 1.70. The van der Waals surface area contributed by atoms with E-state index >= 15 is 0 Å². The molecular formula is C13H6ClF3N2S. The van der Waals surface area contributed by atoms with Crippen molar-refractivity contribution in [1.82, 2.24) is 4.98 Å². The number of anilines is 2. The molecule has 102 valence electrons. The molecule has 0 aliphatic heterocycles. The average Bonchev–Trinajstić information content (AvgIpc) is 2.80. The van der Waals surface area contributed by atoms with Gasteiger partial charge in [0, 0.05) is 12.1 Å². The van der Waals surface area contributed by atoms with Gasteiger partial charge in [-0.05, 0) is 12.1 Å². The largest absolute Gasteiger partial charge is 0.329 e. The Morgan fingerprint density at radius 2 is 1.80 bits per heavy atom. The summed E-state index contributed by atoms with van der Waals surface area (Å²) in [4.78, 5) is 4.20. The minimum absolute atomic E-state index is 0.181. The van der Waals surface area contributed by atoms with Crippen LogP contribution >= 0.6 is 22.9 Å². The first-order chi connectivity index (χ1) is 9.54. The number of hydrogen-bond donors (Lipinski definition) is 1. The lowest BCUT2D eigenvalue weighted by molar-refractivity contribution is 0.496. The van der Waals surface area contributed by atoms with Crippen LogP contribution in [0.4, 0.5) is 24.0 Å². The molecule has 1 heterocycles. The van der Waals surface area contributed by atoms with Crippen molar-refractivity contribution in [3.8, 4) is 0 Å². The van der Waals surface area contributed by atoms with Crippen molar-refractivity contribution in [3.05, 3.63) is 52.8 Å². The molecule has 0 aliphatic rings. The highest BCUT2D eigenvalue weighted by Crippen LogP contribution is 2.33. The van der Waals surface area contributed by atoms with Crippen LogP contribution in [0.3, 0.4) is 0 Å². The zero-order valence-electron chi connectivity index (χ0n) is 9.75. The van der Waals surface area contributed by atoms with Crippen molar-refractivity contribution < 1.29 is 13.2 Å². The van der Waals surface area contributed by atoms with Crippen LogP contribution in [0.2, 0.25) is 5.02 Å². The van der Waals surface area contributed by atoms with Crippen molar-refractivity contribution in [3.63, 3.8) is 0 Å². The van der Waals surface area contributed by atoms with Crippen LogP contribution in [0.25, 0.3) is 10.2 Å². The third kappa shape index (κ3) is 2.32. The highest BCUT2D eigenvalue weighted by atomic mass is 35.5. The van der Waals surface area contributed by atoms with E-state index in [-0.39, 0.29) is 5.69 Å². The number of aromatic nitrogens is 1. The van der Waals surface area contributed by atoms with E-state index in [1.807, 2.05) is 0 Å². The van der Waals surface area contributed by atoms with E-state index in [4.69, 9.17) is 11.6 Å². The number of halogens is 4. The molecule has 0 fully saturated rings. The molecule has 1 N–H and O–H groups in total. The second kappa shape index (κ2) is 4.96. The number of rotatable bonds is 2. The SMILES string of the molecule is Fc1cc(F)c(Nc2nc3cccc(Cl)c3s2)cc1F. The summed E-state index contributed by atoms with van der Waals surface area (Å²) in [5, 5.41) is 3.50. The van der Waals surface area contributed by atoms with Crippen molar-refractivity contribution in [2.75, 3.05) is 5.32 Å². The summed E-state index contributed by atoms with van der Waals surface area (Å²) in [5.41, 5.74) is 0.465. The summed E-state index contributed by atoms with van der Waals surface area (Å²) in [7, 11) is 0. The summed E-state index contributed by atoms with van der Waals surface area (Å²) < 4.78 is 40.2. The highest BCUT2D eigenvalue weighted by Gasteiger charge is 2.12. The number of benzene rings is 2. The maximum absolute atomic E-state index is 13.5. The van der Waals surface area contributed by atoms with E-state index in [1.54, 1.807) is 18.2 Å². The maximum atomic E-state index is 13.5. The number of thiazole rings is 1. The molecule has 0 aliphatic carbocycles. The molecule has 0 amide bonds. The van der Waals surface area contributed by atoms with Gasteiger partial charge in [-0.1, -0.05) is 29.0 Å². The summed E-state index contributed by atoms with van der Waals surface area (Å²) >= 11 is 7.21. The number of nitrogens with zero attached hydrogens (tertiary/aromatic N) is 1. The smallest absolute Gasteiger partial charge is 0.188 e. The minimum Gasteiger partial charge on any atom is -0.329 e. The lowest BCUT2D eigenvalue weighted by atomic mass is 10.3. The molecular weight excluding hydrogens is 309 g/mol. The summed E-state index contributed by atoms with van der Waals surface area (Å²) in [6, 6.07) is 6.44.